The number of hydrogen-bond acceptors (Lipinski definition) is 7. The van der Waals surface area contributed by atoms with Crippen LogP contribution in [0.25, 0.3) is 11.3 Å². The molecule has 2 heterocycles. The summed E-state index contributed by atoms with van der Waals surface area (Å²) in [6, 6.07) is 15.5. The Balaban J connectivity index is 1.66. The van der Waals surface area contributed by atoms with E-state index in [1.54, 1.807) is 23.1 Å². The number of carbonyl (C=O) groups is 1. The Morgan fingerprint density at radius 2 is 1.80 bits per heavy atom. The van der Waals surface area contributed by atoms with E-state index < -0.39 is 10.0 Å². The molecule has 3 aromatic rings. The van der Waals surface area contributed by atoms with Crippen LogP contribution >= 0.6 is 0 Å². The average molecular weight is 560 g/mol. The number of sulfonamides is 1. The second-order valence-electron chi connectivity index (χ2n) is 11.1. The molecule has 1 amide bonds. The lowest BCUT2D eigenvalue weighted by Gasteiger charge is -2.45. The van der Waals surface area contributed by atoms with Crippen LogP contribution in [0.1, 0.15) is 54.6 Å². The molecule has 1 fully saturated rings. The van der Waals surface area contributed by atoms with Gasteiger partial charge in [-0.05, 0) is 68.4 Å². The molecule has 1 aliphatic heterocycles. The molecule has 1 aliphatic carbocycles. The summed E-state index contributed by atoms with van der Waals surface area (Å²) in [5, 5.41) is 9.40. The van der Waals surface area contributed by atoms with Crippen molar-refractivity contribution >= 4 is 21.9 Å². The van der Waals surface area contributed by atoms with Crippen LogP contribution in [-0.4, -0.2) is 47.9 Å². The predicted molar refractivity (Wildman–Crippen MR) is 151 cm³/mol. The topological polar surface area (TPSA) is 125 Å². The number of carbonyl (C=O) groups excluding carboxylic acids is 1. The number of ether oxygens (including phenoxy) is 1. The average Bonchev–Trinajstić information content (AvgIpc) is 2.87. The molecular weight excluding hydrogens is 526 g/mol. The quantitative estimate of drug-likeness (QED) is 0.471. The molecule has 0 spiro atoms. The van der Waals surface area contributed by atoms with Crippen molar-refractivity contribution in [1.29, 1.82) is 5.26 Å². The fourth-order valence-electron chi connectivity index (χ4n) is 5.55. The summed E-state index contributed by atoms with van der Waals surface area (Å²) in [5.41, 5.74) is 3.63. The molecule has 2 aromatic carbocycles. The Hall–Kier alpha value is -3.97. The molecule has 1 atom stereocenters. The smallest absolute Gasteiger partial charge is 0.264 e. The Kier molecular flexibility index (Phi) is 7.51. The molecule has 2 aliphatic rings. The fourth-order valence-corrected chi connectivity index (χ4v) is 6.54. The normalized spacial score (nSPS) is 22.1. The molecule has 0 radical (unpaired) electrons. The molecule has 4 bridgehead atoms. The van der Waals surface area contributed by atoms with Crippen LogP contribution in [0, 0.1) is 37.0 Å². The third-order valence-corrected chi connectivity index (χ3v) is 8.87. The summed E-state index contributed by atoms with van der Waals surface area (Å²) in [7, 11) is -4.12. The minimum Gasteiger partial charge on any atom is -0.475 e. The predicted octanol–water partition coefficient (Wildman–Crippen LogP) is 5.11. The van der Waals surface area contributed by atoms with Crippen molar-refractivity contribution in [3.05, 3.63) is 65.2 Å². The van der Waals surface area contributed by atoms with Crippen LogP contribution in [0.4, 0.5) is 5.95 Å². The largest absolute Gasteiger partial charge is 0.475 e. The van der Waals surface area contributed by atoms with Gasteiger partial charge >= 0.3 is 0 Å². The van der Waals surface area contributed by atoms with Gasteiger partial charge in [0.05, 0.1) is 28.6 Å². The highest BCUT2D eigenvalue weighted by atomic mass is 32.2. The summed E-state index contributed by atoms with van der Waals surface area (Å²) in [5.74, 6) is -0.0321. The number of anilines is 1. The van der Waals surface area contributed by atoms with Crippen LogP contribution in [0.15, 0.2) is 53.4 Å². The lowest BCUT2D eigenvalue weighted by Crippen LogP contribution is -2.54. The summed E-state index contributed by atoms with van der Waals surface area (Å²) in [6.07, 6.45) is 1.81. The molecule has 1 N–H and O–H groups in total. The zero-order chi connectivity index (χ0) is 28.6. The zero-order valence-corrected chi connectivity index (χ0v) is 23.9. The summed E-state index contributed by atoms with van der Waals surface area (Å²) in [6.45, 7) is 8.27. The third kappa shape index (κ3) is 5.52. The van der Waals surface area contributed by atoms with Gasteiger partial charge in [0, 0.05) is 23.2 Å². The molecule has 0 unspecified atom stereocenters. The van der Waals surface area contributed by atoms with Crippen molar-refractivity contribution < 1.29 is 17.9 Å². The second-order valence-corrected chi connectivity index (χ2v) is 12.8. The number of hydrogen-bond donors (Lipinski definition) is 1. The van der Waals surface area contributed by atoms with Gasteiger partial charge in [0.25, 0.3) is 15.9 Å². The van der Waals surface area contributed by atoms with Crippen molar-refractivity contribution in [1.82, 2.24) is 14.9 Å². The van der Waals surface area contributed by atoms with Crippen LogP contribution < -0.4 is 9.46 Å². The monoisotopic (exact) mass is 559 g/mol. The Bertz CT molecular complexity index is 1570. The van der Waals surface area contributed by atoms with Crippen molar-refractivity contribution in [3.63, 3.8) is 0 Å². The Labute approximate surface area is 235 Å². The van der Waals surface area contributed by atoms with E-state index in [9.17, 15) is 18.5 Å². The molecular formula is C30H33N5O4S. The van der Waals surface area contributed by atoms with Crippen molar-refractivity contribution in [2.45, 2.75) is 63.9 Å². The van der Waals surface area contributed by atoms with Gasteiger partial charge in [-0.2, -0.15) is 10.2 Å². The van der Waals surface area contributed by atoms with E-state index in [1.807, 2.05) is 32.0 Å². The van der Waals surface area contributed by atoms with Crippen molar-refractivity contribution in [2.75, 3.05) is 11.3 Å². The van der Waals surface area contributed by atoms with Gasteiger partial charge in [-0.25, -0.2) is 18.1 Å². The van der Waals surface area contributed by atoms with Crippen LogP contribution in [-0.2, 0) is 10.0 Å². The van der Waals surface area contributed by atoms with Crippen molar-refractivity contribution in [2.24, 2.45) is 11.8 Å². The first kappa shape index (κ1) is 27.6. The van der Waals surface area contributed by atoms with Crippen LogP contribution in [0.3, 0.4) is 0 Å². The van der Waals surface area contributed by atoms with Crippen molar-refractivity contribution in [3.8, 4) is 23.2 Å². The molecule has 0 saturated heterocycles. The van der Waals surface area contributed by atoms with E-state index in [4.69, 9.17) is 4.74 Å². The summed E-state index contributed by atoms with van der Waals surface area (Å²) in [4.78, 5) is 24.7. The molecule has 10 heteroatoms. The zero-order valence-electron chi connectivity index (χ0n) is 23.1. The van der Waals surface area contributed by atoms with E-state index in [1.165, 1.54) is 12.1 Å². The number of amides is 1. The van der Waals surface area contributed by atoms with Crippen LogP contribution in [0.2, 0.25) is 0 Å². The molecule has 1 saturated carbocycles. The standard InChI is InChI=1S/C30H33N5O4S/c1-18(2)11-24-17-39-27-15-26(28-19(3)7-5-8-20(28)4)32-30(33-27)34-40(37,38)25-10-6-9-22(14-25)29(36)35(24)23-12-21(13-23)16-31/h5-10,14-15,18,21,23-24H,11-13,17H2,1-4H3,(H,32,33,34)/t21?,23?,24-/m1/s1. The summed E-state index contributed by atoms with van der Waals surface area (Å²) < 4.78 is 35.6. The van der Waals surface area contributed by atoms with Gasteiger partial charge in [-0.15, -0.1) is 0 Å². The van der Waals surface area contributed by atoms with Gasteiger partial charge in [0.1, 0.15) is 6.61 Å². The first-order valence-corrected chi connectivity index (χ1v) is 15.0. The van der Waals surface area contributed by atoms with E-state index in [0.29, 0.717) is 25.0 Å². The molecule has 5 rings (SSSR count). The fraction of sp³-hybridized carbons (Fsp3) is 0.400. The first-order chi connectivity index (χ1) is 19.1. The SMILES string of the molecule is Cc1cccc(C)c1-c1cc2nc(n1)NS(=O)(=O)c1cccc(c1)C(=O)N(C1CC(C#N)C1)[C@H](CC(C)C)CO2. The first-order valence-electron chi connectivity index (χ1n) is 13.5. The van der Waals surface area contributed by atoms with E-state index >= 15 is 0 Å². The second kappa shape index (κ2) is 10.9. The van der Waals surface area contributed by atoms with Crippen LogP contribution in [0.5, 0.6) is 5.88 Å². The highest BCUT2D eigenvalue weighted by Gasteiger charge is 2.40. The maximum absolute atomic E-state index is 14.0. The van der Waals surface area contributed by atoms with Gasteiger partial charge < -0.3 is 9.64 Å². The summed E-state index contributed by atoms with van der Waals surface area (Å²) >= 11 is 0. The third-order valence-electron chi connectivity index (χ3n) is 7.54. The van der Waals surface area contributed by atoms with E-state index in [-0.39, 0.29) is 58.7 Å². The number of rotatable bonds is 4. The minimum absolute atomic E-state index is 0.0648. The number of nitriles is 1. The maximum atomic E-state index is 14.0. The molecule has 208 valence electrons. The highest BCUT2D eigenvalue weighted by molar-refractivity contribution is 7.92. The number of aryl methyl sites for hydroxylation is 2. The Morgan fingerprint density at radius 3 is 2.48 bits per heavy atom. The highest BCUT2D eigenvalue weighted by Crippen LogP contribution is 2.36. The number of benzene rings is 2. The lowest BCUT2D eigenvalue weighted by atomic mass is 9.79. The van der Waals surface area contributed by atoms with Gasteiger partial charge in [0.2, 0.25) is 11.8 Å². The van der Waals surface area contributed by atoms with Gasteiger partial charge in [-0.1, -0.05) is 38.1 Å². The maximum Gasteiger partial charge on any atom is 0.264 e. The number of nitrogens with zero attached hydrogens (tertiary/aromatic N) is 4. The number of nitrogens with one attached hydrogen (secondary N) is 1. The number of aromatic nitrogens is 2. The molecule has 9 nitrogen and oxygen atoms in total. The minimum atomic E-state index is -4.12. The lowest BCUT2D eigenvalue weighted by molar-refractivity contribution is 0.0217. The van der Waals surface area contributed by atoms with E-state index in [2.05, 4.69) is 34.6 Å². The Morgan fingerprint density at radius 1 is 1.10 bits per heavy atom. The number of fused-ring (bicyclic) bond motifs is 4. The van der Waals surface area contributed by atoms with Gasteiger partial charge in [-0.3, -0.25) is 4.79 Å². The van der Waals surface area contributed by atoms with E-state index in [0.717, 1.165) is 16.7 Å². The molecule has 40 heavy (non-hydrogen) atoms. The van der Waals surface area contributed by atoms with Gasteiger partial charge in [0.15, 0.2) is 0 Å². The molecule has 1 aromatic heterocycles.